The number of hydrogen-bond acceptors (Lipinski definition) is 3. The van der Waals surface area contributed by atoms with Crippen molar-refractivity contribution in [2.45, 2.75) is 26.8 Å². The Labute approximate surface area is 118 Å². The third-order valence-corrected chi connectivity index (χ3v) is 2.95. The Hall–Kier alpha value is -2.43. The van der Waals surface area contributed by atoms with Crippen molar-refractivity contribution < 1.29 is 4.79 Å². The number of amides is 1. The van der Waals surface area contributed by atoms with Crippen molar-refractivity contribution in [3.05, 3.63) is 53.6 Å². The van der Waals surface area contributed by atoms with Gasteiger partial charge in [0, 0.05) is 41.5 Å². The van der Waals surface area contributed by atoms with Crippen LogP contribution in [0.15, 0.2) is 41.9 Å². The number of nitrogens with one attached hydrogen (secondary N) is 1. The molecule has 1 N–H and O–H groups in total. The molecule has 104 valence electrons. The highest BCUT2D eigenvalue weighted by Crippen LogP contribution is 2.12. The molecule has 0 radical (unpaired) electrons. The summed E-state index contributed by atoms with van der Waals surface area (Å²) in [5, 5.41) is 3.97. The summed E-state index contributed by atoms with van der Waals surface area (Å²) in [5.41, 5.74) is 5.17. The Morgan fingerprint density at radius 2 is 2.10 bits per heavy atom. The first-order valence-electron chi connectivity index (χ1n) is 6.50. The Bertz CT molecular complexity index is 614. The van der Waals surface area contributed by atoms with Gasteiger partial charge in [-0.15, -0.1) is 0 Å². The number of carbonyl (C=O) groups is 1. The number of aromatic nitrogens is 2. The third-order valence-electron chi connectivity index (χ3n) is 2.95. The maximum absolute atomic E-state index is 11.8. The molecule has 0 aliphatic rings. The molecule has 0 aromatic carbocycles. The van der Waals surface area contributed by atoms with Crippen LogP contribution in [0.2, 0.25) is 0 Å². The Morgan fingerprint density at radius 1 is 1.40 bits per heavy atom. The minimum Gasteiger partial charge on any atom is -0.349 e. The van der Waals surface area contributed by atoms with E-state index in [4.69, 9.17) is 0 Å². The summed E-state index contributed by atoms with van der Waals surface area (Å²) in [6, 6.07) is 5.72. The smallest absolute Gasteiger partial charge is 0.271 e. The summed E-state index contributed by atoms with van der Waals surface area (Å²) < 4.78 is 2.16. The van der Waals surface area contributed by atoms with Crippen molar-refractivity contribution >= 4 is 12.1 Å². The van der Waals surface area contributed by atoms with E-state index in [0.29, 0.717) is 11.6 Å². The minimum absolute atomic E-state index is 0.247. The van der Waals surface area contributed by atoms with Crippen LogP contribution < -0.4 is 5.43 Å². The highest BCUT2D eigenvalue weighted by molar-refractivity contribution is 5.94. The van der Waals surface area contributed by atoms with Crippen LogP contribution in [0.3, 0.4) is 0 Å². The molecule has 0 saturated carbocycles. The van der Waals surface area contributed by atoms with Crippen LogP contribution in [0.5, 0.6) is 0 Å². The average Bonchev–Trinajstić information content (AvgIpc) is 2.81. The number of pyridine rings is 1. The normalized spacial score (nSPS) is 11.2. The fourth-order valence-corrected chi connectivity index (χ4v) is 1.98. The van der Waals surface area contributed by atoms with Crippen LogP contribution in [0.4, 0.5) is 0 Å². The van der Waals surface area contributed by atoms with Gasteiger partial charge in [-0.05, 0) is 39.0 Å². The predicted octanol–water partition coefficient (Wildman–Crippen LogP) is 2.54. The van der Waals surface area contributed by atoms with E-state index in [-0.39, 0.29) is 5.91 Å². The molecule has 0 aliphatic carbocycles. The summed E-state index contributed by atoms with van der Waals surface area (Å²) in [6.45, 7) is 6.30. The highest BCUT2D eigenvalue weighted by atomic mass is 16.2. The van der Waals surface area contributed by atoms with E-state index < -0.39 is 0 Å². The van der Waals surface area contributed by atoms with Gasteiger partial charge in [-0.1, -0.05) is 0 Å². The molecule has 0 spiro atoms. The van der Waals surface area contributed by atoms with Gasteiger partial charge in [-0.25, -0.2) is 5.43 Å². The number of carbonyl (C=O) groups excluding carboxylic acids is 1. The monoisotopic (exact) mass is 270 g/mol. The number of hydrogen-bond donors (Lipinski definition) is 1. The topological polar surface area (TPSA) is 59.3 Å². The second-order valence-electron chi connectivity index (χ2n) is 4.85. The lowest BCUT2D eigenvalue weighted by atomic mass is 10.3. The van der Waals surface area contributed by atoms with E-state index in [0.717, 1.165) is 5.56 Å². The van der Waals surface area contributed by atoms with Crippen molar-refractivity contribution in [2.24, 2.45) is 5.10 Å². The molecule has 5 heteroatoms. The minimum atomic E-state index is -0.247. The molecule has 2 rings (SSSR count). The Kier molecular flexibility index (Phi) is 4.30. The molecule has 0 atom stereocenters. The van der Waals surface area contributed by atoms with Crippen LogP contribution in [0.25, 0.3) is 0 Å². The number of hydrazone groups is 1. The molecule has 0 unspecified atom stereocenters. The highest BCUT2D eigenvalue weighted by Gasteiger charge is 2.04. The van der Waals surface area contributed by atoms with Gasteiger partial charge < -0.3 is 4.57 Å². The first-order chi connectivity index (χ1) is 9.58. The van der Waals surface area contributed by atoms with Gasteiger partial charge in [0.25, 0.3) is 5.91 Å². The van der Waals surface area contributed by atoms with Crippen LogP contribution in [-0.2, 0) is 0 Å². The van der Waals surface area contributed by atoms with Crippen molar-refractivity contribution in [2.75, 3.05) is 0 Å². The lowest BCUT2D eigenvalue weighted by Crippen LogP contribution is -2.17. The van der Waals surface area contributed by atoms with Gasteiger partial charge in [-0.2, -0.15) is 5.10 Å². The van der Waals surface area contributed by atoms with Crippen molar-refractivity contribution in [1.82, 2.24) is 15.0 Å². The molecular formula is C15H18N4O. The van der Waals surface area contributed by atoms with Gasteiger partial charge in [0.15, 0.2) is 0 Å². The lowest BCUT2D eigenvalue weighted by molar-refractivity contribution is 0.0955. The summed E-state index contributed by atoms with van der Waals surface area (Å²) in [5.74, 6) is -0.247. The zero-order chi connectivity index (χ0) is 14.5. The fourth-order valence-electron chi connectivity index (χ4n) is 1.98. The Morgan fingerprint density at radius 3 is 2.70 bits per heavy atom. The molecule has 2 aromatic heterocycles. The van der Waals surface area contributed by atoms with Gasteiger partial charge in [0.2, 0.25) is 0 Å². The second-order valence-corrected chi connectivity index (χ2v) is 4.85. The third kappa shape index (κ3) is 3.32. The van der Waals surface area contributed by atoms with E-state index in [1.165, 1.54) is 5.69 Å². The van der Waals surface area contributed by atoms with Crippen molar-refractivity contribution in [1.29, 1.82) is 0 Å². The van der Waals surface area contributed by atoms with Crippen LogP contribution >= 0.6 is 0 Å². The maximum Gasteiger partial charge on any atom is 0.271 e. The number of rotatable bonds is 4. The van der Waals surface area contributed by atoms with Crippen LogP contribution in [-0.4, -0.2) is 21.7 Å². The standard InChI is InChI=1S/C15H18N4O/c1-11(2)19-10-13(8-12(19)3)9-17-18-15(20)14-4-6-16-7-5-14/h4-11H,1-3H3,(H,18,20)/b17-9-. The second kappa shape index (κ2) is 6.14. The molecule has 2 aromatic rings. The van der Waals surface area contributed by atoms with Crippen LogP contribution in [0.1, 0.15) is 41.5 Å². The molecule has 2 heterocycles. The zero-order valence-corrected chi connectivity index (χ0v) is 11.9. The Balaban J connectivity index is 2.00. The SMILES string of the molecule is Cc1cc(/C=N\NC(=O)c2ccncc2)cn1C(C)C. The number of nitrogens with zero attached hydrogens (tertiary/aromatic N) is 3. The molecule has 0 bridgehead atoms. The molecule has 0 saturated heterocycles. The van der Waals surface area contributed by atoms with E-state index in [1.807, 2.05) is 19.2 Å². The van der Waals surface area contributed by atoms with Gasteiger partial charge in [0.1, 0.15) is 0 Å². The summed E-state index contributed by atoms with van der Waals surface area (Å²) in [4.78, 5) is 15.6. The predicted molar refractivity (Wildman–Crippen MR) is 78.9 cm³/mol. The summed E-state index contributed by atoms with van der Waals surface area (Å²) >= 11 is 0. The molecular weight excluding hydrogens is 252 g/mol. The number of aryl methyl sites for hydroxylation is 1. The first kappa shape index (κ1) is 14.0. The van der Waals surface area contributed by atoms with Crippen molar-refractivity contribution in [3.63, 3.8) is 0 Å². The van der Waals surface area contributed by atoms with Gasteiger partial charge in [0.05, 0.1) is 6.21 Å². The van der Waals surface area contributed by atoms with Crippen LogP contribution in [0, 0.1) is 6.92 Å². The first-order valence-corrected chi connectivity index (χ1v) is 6.50. The molecule has 1 amide bonds. The largest absolute Gasteiger partial charge is 0.349 e. The van der Waals surface area contributed by atoms with Gasteiger partial charge in [-0.3, -0.25) is 9.78 Å². The van der Waals surface area contributed by atoms with E-state index in [1.54, 1.807) is 30.7 Å². The maximum atomic E-state index is 11.8. The molecule has 5 nitrogen and oxygen atoms in total. The summed E-state index contributed by atoms with van der Waals surface area (Å²) in [6.07, 6.45) is 6.81. The molecule has 0 fully saturated rings. The lowest BCUT2D eigenvalue weighted by Gasteiger charge is -2.08. The van der Waals surface area contributed by atoms with E-state index >= 15 is 0 Å². The summed E-state index contributed by atoms with van der Waals surface area (Å²) in [7, 11) is 0. The quantitative estimate of drug-likeness (QED) is 0.685. The fraction of sp³-hybridized carbons (Fsp3) is 0.267. The zero-order valence-electron chi connectivity index (χ0n) is 11.9. The van der Waals surface area contributed by atoms with E-state index in [2.05, 4.69) is 33.9 Å². The van der Waals surface area contributed by atoms with Gasteiger partial charge >= 0.3 is 0 Å². The van der Waals surface area contributed by atoms with E-state index in [9.17, 15) is 4.79 Å². The average molecular weight is 270 g/mol. The molecule has 20 heavy (non-hydrogen) atoms. The van der Waals surface area contributed by atoms with Crippen molar-refractivity contribution in [3.8, 4) is 0 Å². The molecule has 0 aliphatic heterocycles.